The predicted octanol–water partition coefficient (Wildman–Crippen LogP) is 3.03. The van der Waals surface area contributed by atoms with Crippen molar-refractivity contribution in [1.82, 2.24) is 19.9 Å². The normalized spacial score (nSPS) is 10.9. The lowest BCUT2D eigenvalue weighted by Crippen LogP contribution is -2.26. The summed E-state index contributed by atoms with van der Waals surface area (Å²) in [6, 6.07) is 13.8. The average molecular weight is 308 g/mol. The fourth-order valence-corrected chi connectivity index (χ4v) is 2.60. The van der Waals surface area contributed by atoms with Crippen LogP contribution >= 0.6 is 0 Å². The Labute approximate surface area is 135 Å². The van der Waals surface area contributed by atoms with E-state index in [2.05, 4.69) is 41.5 Å². The van der Waals surface area contributed by atoms with Crippen molar-refractivity contribution in [2.75, 3.05) is 7.05 Å². The summed E-state index contributed by atoms with van der Waals surface area (Å²) in [6.45, 7) is 5.41. The van der Waals surface area contributed by atoms with E-state index in [4.69, 9.17) is 0 Å². The van der Waals surface area contributed by atoms with Crippen molar-refractivity contribution in [2.24, 2.45) is 0 Å². The lowest BCUT2D eigenvalue weighted by Gasteiger charge is -2.17. The summed E-state index contributed by atoms with van der Waals surface area (Å²) >= 11 is 0. The molecule has 0 aliphatic carbocycles. The molecule has 0 radical (unpaired) electrons. The van der Waals surface area contributed by atoms with Crippen LogP contribution in [0.2, 0.25) is 0 Å². The zero-order chi connectivity index (χ0) is 16.4. The number of nitrogens with zero attached hydrogens (tertiary/aromatic N) is 4. The number of hydrogen-bond acceptors (Lipinski definition) is 3. The first-order chi connectivity index (χ1) is 11.1. The van der Waals surface area contributed by atoms with E-state index in [-0.39, 0.29) is 5.91 Å². The fraction of sp³-hybridized carbons (Fsp3) is 0.278. The molecule has 3 rings (SSSR count). The second-order valence-electron chi connectivity index (χ2n) is 5.76. The molecule has 1 heterocycles. The van der Waals surface area contributed by atoms with Crippen molar-refractivity contribution in [3.8, 4) is 0 Å². The van der Waals surface area contributed by atoms with E-state index in [1.54, 1.807) is 4.90 Å². The minimum absolute atomic E-state index is 0.0153. The maximum absolute atomic E-state index is 12.6. The van der Waals surface area contributed by atoms with Gasteiger partial charge >= 0.3 is 0 Å². The molecule has 0 aliphatic rings. The molecule has 0 aliphatic heterocycles. The number of fused-ring (bicyclic) bond motifs is 1. The molecule has 5 heteroatoms. The van der Waals surface area contributed by atoms with Crippen molar-refractivity contribution >= 4 is 16.9 Å². The molecule has 0 saturated carbocycles. The Morgan fingerprint density at radius 3 is 2.61 bits per heavy atom. The van der Waals surface area contributed by atoms with Gasteiger partial charge in [0.2, 0.25) is 0 Å². The first-order valence-electron chi connectivity index (χ1n) is 7.72. The first-order valence-corrected chi connectivity index (χ1v) is 7.72. The zero-order valence-electron chi connectivity index (χ0n) is 13.7. The van der Waals surface area contributed by atoms with E-state index >= 15 is 0 Å². The molecule has 0 bridgehead atoms. The quantitative estimate of drug-likeness (QED) is 0.744. The van der Waals surface area contributed by atoms with Crippen LogP contribution in [-0.2, 0) is 13.1 Å². The summed E-state index contributed by atoms with van der Waals surface area (Å²) in [4.78, 5) is 14.3. The molecule has 1 amide bonds. The molecule has 1 aromatic heterocycles. The zero-order valence-corrected chi connectivity index (χ0v) is 13.7. The van der Waals surface area contributed by atoms with E-state index in [0.717, 1.165) is 23.1 Å². The van der Waals surface area contributed by atoms with E-state index in [1.807, 2.05) is 36.9 Å². The second kappa shape index (κ2) is 6.20. The molecule has 23 heavy (non-hydrogen) atoms. The number of carbonyl (C=O) groups is 1. The molecule has 0 saturated heterocycles. The molecular weight excluding hydrogens is 288 g/mol. The molecule has 5 nitrogen and oxygen atoms in total. The lowest BCUT2D eigenvalue weighted by molar-refractivity contribution is 0.0785. The Kier molecular flexibility index (Phi) is 4.10. The molecule has 0 unspecified atom stereocenters. The Morgan fingerprint density at radius 2 is 1.91 bits per heavy atom. The number of benzene rings is 2. The van der Waals surface area contributed by atoms with Crippen LogP contribution in [0.1, 0.15) is 28.4 Å². The van der Waals surface area contributed by atoms with Crippen LogP contribution in [0.5, 0.6) is 0 Å². The summed E-state index contributed by atoms with van der Waals surface area (Å²) in [5, 5.41) is 8.20. The molecule has 0 atom stereocenters. The summed E-state index contributed by atoms with van der Waals surface area (Å²) in [7, 11) is 1.81. The van der Waals surface area contributed by atoms with Crippen molar-refractivity contribution < 1.29 is 4.79 Å². The monoisotopic (exact) mass is 308 g/mol. The fourth-order valence-electron chi connectivity index (χ4n) is 2.60. The highest BCUT2D eigenvalue weighted by atomic mass is 16.2. The van der Waals surface area contributed by atoms with E-state index in [0.29, 0.717) is 12.1 Å². The maximum Gasteiger partial charge on any atom is 0.253 e. The standard InChI is InChI=1S/C18H20N4O/c1-4-22-17-10-9-15(11-16(17)19-20-22)18(23)21(3)12-14-7-5-13(2)6-8-14/h5-11H,4,12H2,1-3H3. The van der Waals surface area contributed by atoms with Gasteiger partial charge in [0.05, 0.1) is 5.52 Å². The van der Waals surface area contributed by atoms with Gasteiger partial charge in [0.15, 0.2) is 0 Å². The Morgan fingerprint density at radius 1 is 1.17 bits per heavy atom. The van der Waals surface area contributed by atoms with Crippen LogP contribution in [0.3, 0.4) is 0 Å². The number of carbonyl (C=O) groups excluding carboxylic acids is 1. The molecule has 118 valence electrons. The Balaban J connectivity index is 1.80. The maximum atomic E-state index is 12.6. The largest absolute Gasteiger partial charge is 0.337 e. The van der Waals surface area contributed by atoms with Gasteiger partial charge in [-0.25, -0.2) is 4.68 Å². The van der Waals surface area contributed by atoms with Gasteiger partial charge in [0.1, 0.15) is 5.52 Å². The predicted molar refractivity (Wildman–Crippen MR) is 90.2 cm³/mol. The van der Waals surface area contributed by atoms with Crippen molar-refractivity contribution in [3.63, 3.8) is 0 Å². The van der Waals surface area contributed by atoms with Gasteiger partial charge in [-0.1, -0.05) is 35.0 Å². The van der Waals surface area contributed by atoms with Crippen LogP contribution in [0, 0.1) is 6.92 Å². The Hall–Kier alpha value is -2.69. The van der Waals surface area contributed by atoms with Gasteiger partial charge in [-0.05, 0) is 37.6 Å². The molecule has 0 N–H and O–H groups in total. The molecule has 3 aromatic rings. The topological polar surface area (TPSA) is 51.0 Å². The van der Waals surface area contributed by atoms with Crippen LogP contribution in [-0.4, -0.2) is 32.8 Å². The van der Waals surface area contributed by atoms with Gasteiger partial charge in [-0.15, -0.1) is 5.10 Å². The third-order valence-electron chi connectivity index (χ3n) is 3.95. The van der Waals surface area contributed by atoms with Crippen LogP contribution < -0.4 is 0 Å². The molecule has 0 fully saturated rings. The van der Waals surface area contributed by atoms with Crippen LogP contribution in [0.25, 0.3) is 11.0 Å². The third-order valence-corrected chi connectivity index (χ3v) is 3.95. The number of aryl methyl sites for hydroxylation is 2. The highest BCUT2D eigenvalue weighted by Gasteiger charge is 2.14. The lowest BCUT2D eigenvalue weighted by atomic mass is 10.1. The van der Waals surface area contributed by atoms with E-state index in [1.165, 1.54) is 5.56 Å². The number of rotatable bonds is 4. The second-order valence-corrected chi connectivity index (χ2v) is 5.76. The number of aromatic nitrogens is 3. The minimum atomic E-state index is -0.0153. The van der Waals surface area contributed by atoms with Crippen LogP contribution in [0.4, 0.5) is 0 Å². The van der Waals surface area contributed by atoms with Gasteiger partial charge < -0.3 is 4.90 Å². The molecule has 0 spiro atoms. The summed E-state index contributed by atoms with van der Waals surface area (Å²) < 4.78 is 1.82. The SMILES string of the molecule is CCn1nnc2cc(C(=O)N(C)Cc3ccc(C)cc3)ccc21. The summed E-state index contributed by atoms with van der Waals surface area (Å²) in [5.41, 5.74) is 4.67. The van der Waals surface area contributed by atoms with Gasteiger partial charge in [0.25, 0.3) is 5.91 Å². The van der Waals surface area contributed by atoms with E-state index < -0.39 is 0 Å². The number of hydrogen-bond donors (Lipinski definition) is 0. The van der Waals surface area contributed by atoms with Crippen molar-refractivity contribution in [1.29, 1.82) is 0 Å². The van der Waals surface area contributed by atoms with E-state index in [9.17, 15) is 4.79 Å². The van der Waals surface area contributed by atoms with Gasteiger partial charge in [-0.2, -0.15) is 0 Å². The number of amides is 1. The van der Waals surface area contributed by atoms with Crippen molar-refractivity contribution in [2.45, 2.75) is 26.9 Å². The van der Waals surface area contributed by atoms with Gasteiger partial charge in [0, 0.05) is 25.7 Å². The minimum Gasteiger partial charge on any atom is -0.337 e. The Bertz CT molecular complexity index is 836. The summed E-state index contributed by atoms with van der Waals surface area (Å²) in [5.74, 6) is -0.0153. The smallest absolute Gasteiger partial charge is 0.253 e. The van der Waals surface area contributed by atoms with Crippen LogP contribution in [0.15, 0.2) is 42.5 Å². The summed E-state index contributed by atoms with van der Waals surface area (Å²) in [6.07, 6.45) is 0. The van der Waals surface area contributed by atoms with Gasteiger partial charge in [-0.3, -0.25) is 4.79 Å². The molecule has 2 aromatic carbocycles. The first kappa shape index (κ1) is 15.2. The average Bonchev–Trinajstić information content (AvgIpc) is 2.98. The highest BCUT2D eigenvalue weighted by Crippen LogP contribution is 2.16. The highest BCUT2D eigenvalue weighted by molar-refractivity contribution is 5.97. The molecular formula is C18H20N4O. The third kappa shape index (κ3) is 3.08. The van der Waals surface area contributed by atoms with Crippen molar-refractivity contribution in [3.05, 3.63) is 59.2 Å².